The zero-order valence-electron chi connectivity index (χ0n) is 14.6. The average Bonchev–Trinajstić information content (AvgIpc) is 3.18. The number of benzene rings is 1. The molecule has 1 amide bonds. The van der Waals surface area contributed by atoms with Gasteiger partial charge in [0, 0.05) is 30.0 Å². The fourth-order valence-corrected chi connectivity index (χ4v) is 3.88. The van der Waals surface area contributed by atoms with Gasteiger partial charge in [-0.1, -0.05) is 12.1 Å². The zero-order valence-corrected chi connectivity index (χ0v) is 15.4. The highest BCUT2D eigenvalue weighted by molar-refractivity contribution is 7.09. The molecule has 2 heterocycles. The van der Waals surface area contributed by atoms with Gasteiger partial charge in [0.25, 0.3) is 5.91 Å². The fourth-order valence-electron chi connectivity index (χ4n) is 3.26. The van der Waals surface area contributed by atoms with E-state index in [1.807, 2.05) is 34.5 Å². The molecule has 1 saturated heterocycles. The lowest BCUT2D eigenvalue weighted by molar-refractivity contribution is -0.137. The first-order chi connectivity index (χ1) is 12.6. The molecule has 0 aliphatic carbocycles. The maximum absolute atomic E-state index is 12.8. The third-order valence-electron chi connectivity index (χ3n) is 4.61. The van der Waals surface area contributed by atoms with E-state index in [1.54, 1.807) is 23.5 Å². The first kappa shape index (κ1) is 18.5. The van der Waals surface area contributed by atoms with Crippen molar-refractivity contribution in [2.75, 3.05) is 13.1 Å². The number of carboxylic acids is 1. The summed E-state index contributed by atoms with van der Waals surface area (Å²) >= 11 is 1.64. The van der Waals surface area contributed by atoms with Crippen LogP contribution in [0.2, 0.25) is 0 Å². The molecule has 2 aromatic rings. The van der Waals surface area contributed by atoms with Crippen LogP contribution in [-0.4, -0.2) is 35.0 Å². The van der Waals surface area contributed by atoms with Gasteiger partial charge in [-0.15, -0.1) is 11.3 Å². The minimum absolute atomic E-state index is 0.00778. The van der Waals surface area contributed by atoms with Crippen molar-refractivity contribution < 1.29 is 19.4 Å². The van der Waals surface area contributed by atoms with Gasteiger partial charge >= 0.3 is 5.97 Å². The van der Waals surface area contributed by atoms with Crippen LogP contribution in [-0.2, 0) is 11.4 Å². The Morgan fingerprint density at radius 1 is 1.27 bits per heavy atom. The summed E-state index contributed by atoms with van der Waals surface area (Å²) in [6, 6.07) is 11.3. The predicted octanol–water partition coefficient (Wildman–Crippen LogP) is 4.04. The molecule has 26 heavy (non-hydrogen) atoms. The number of amides is 1. The molecular formula is C20H23NO4S. The molecule has 0 spiro atoms. The summed E-state index contributed by atoms with van der Waals surface area (Å²) in [5, 5.41) is 10.9. The highest BCUT2D eigenvalue weighted by Crippen LogP contribution is 2.24. The van der Waals surface area contributed by atoms with Gasteiger partial charge in [0.2, 0.25) is 0 Å². The summed E-state index contributed by atoms with van der Waals surface area (Å²) in [6.45, 7) is 1.85. The Hall–Kier alpha value is -2.34. The van der Waals surface area contributed by atoms with Crippen LogP contribution in [0, 0.1) is 5.92 Å². The van der Waals surface area contributed by atoms with Crippen LogP contribution in [0.1, 0.15) is 40.9 Å². The number of carboxylic acid groups (broad SMARTS) is 1. The summed E-state index contributed by atoms with van der Waals surface area (Å²) in [7, 11) is 0. The van der Waals surface area contributed by atoms with Gasteiger partial charge in [-0.05, 0) is 54.8 Å². The van der Waals surface area contributed by atoms with E-state index in [9.17, 15) is 9.59 Å². The number of ether oxygens (including phenoxy) is 1. The van der Waals surface area contributed by atoms with Gasteiger partial charge in [0.15, 0.2) is 0 Å². The number of carbonyl (C=O) groups excluding carboxylic acids is 1. The Balaban J connectivity index is 1.59. The largest absolute Gasteiger partial charge is 0.488 e. The van der Waals surface area contributed by atoms with Crippen molar-refractivity contribution >= 4 is 23.2 Å². The van der Waals surface area contributed by atoms with Gasteiger partial charge in [0.05, 0.1) is 0 Å². The van der Waals surface area contributed by atoms with Crippen molar-refractivity contribution in [3.63, 3.8) is 0 Å². The van der Waals surface area contributed by atoms with Crippen molar-refractivity contribution in [2.45, 2.75) is 32.3 Å². The molecule has 0 saturated carbocycles. The first-order valence-electron chi connectivity index (χ1n) is 8.88. The maximum atomic E-state index is 12.8. The van der Waals surface area contributed by atoms with Crippen LogP contribution in [0.15, 0.2) is 41.8 Å². The van der Waals surface area contributed by atoms with Gasteiger partial charge in [-0.3, -0.25) is 9.59 Å². The van der Waals surface area contributed by atoms with E-state index < -0.39 is 5.97 Å². The highest BCUT2D eigenvalue weighted by atomic mass is 32.1. The van der Waals surface area contributed by atoms with Crippen LogP contribution >= 0.6 is 11.3 Å². The molecule has 1 N–H and O–H groups in total. The molecule has 5 nitrogen and oxygen atoms in total. The SMILES string of the molecule is O=C(O)CCC1CCCN(C(=O)c2cccc(OCc3cccs3)c2)C1. The van der Waals surface area contributed by atoms with Crippen molar-refractivity contribution in [1.29, 1.82) is 0 Å². The third kappa shape index (κ3) is 5.08. The topological polar surface area (TPSA) is 66.8 Å². The molecule has 1 atom stereocenters. The Morgan fingerprint density at radius 2 is 2.15 bits per heavy atom. The van der Waals surface area contributed by atoms with E-state index >= 15 is 0 Å². The standard InChI is InChI=1S/C20H23NO4S/c22-19(23)9-8-15-4-2-10-21(13-15)20(24)16-5-1-6-17(12-16)25-14-18-7-3-11-26-18/h1,3,5-7,11-12,15H,2,4,8-10,13-14H2,(H,22,23). The molecular weight excluding hydrogens is 350 g/mol. The summed E-state index contributed by atoms with van der Waals surface area (Å²) in [4.78, 5) is 26.6. The number of thiophene rings is 1. The van der Waals surface area contributed by atoms with Crippen LogP contribution in [0.4, 0.5) is 0 Å². The Kier molecular flexibility index (Phi) is 6.28. The zero-order chi connectivity index (χ0) is 18.4. The average molecular weight is 373 g/mol. The summed E-state index contributed by atoms with van der Waals surface area (Å²) < 4.78 is 5.79. The number of hydrogen-bond donors (Lipinski definition) is 1. The molecule has 0 bridgehead atoms. The van der Waals surface area contributed by atoms with E-state index in [2.05, 4.69) is 0 Å². The van der Waals surface area contributed by atoms with Gasteiger partial charge in [0.1, 0.15) is 12.4 Å². The molecule has 1 aliphatic heterocycles. The second kappa shape index (κ2) is 8.85. The number of aliphatic carboxylic acids is 1. The fraction of sp³-hybridized carbons (Fsp3) is 0.400. The van der Waals surface area contributed by atoms with Crippen molar-refractivity contribution in [1.82, 2.24) is 4.90 Å². The number of hydrogen-bond acceptors (Lipinski definition) is 4. The summed E-state index contributed by atoms with van der Waals surface area (Å²) in [6.07, 6.45) is 2.70. The molecule has 1 aliphatic rings. The molecule has 138 valence electrons. The summed E-state index contributed by atoms with van der Waals surface area (Å²) in [5.41, 5.74) is 0.618. The van der Waals surface area contributed by atoms with Crippen molar-refractivity contribution in [3.05, 3.63) is 52.2 Å². The second-order valence-electron chi connectivity index (χ2n) is 6.59. The minimum Gasteiger partial charge on any atom is -0.488 e. The second-order valence-corrected chi connectivity index (χ2v) is 7.62. The van der Waals surface area contributed by atoms with Crippen LogP contribution in [0.5, 0.6) is 5.75 Å². The minimum atomic E-state index is -0.774. The molecule has 1 aromatic heterocycles. The number of carbonyl (C=O) groups is 2. The van der Waals surface area contributed by atoms with Gasteiger partial charge < -0.3 is 14.7 Å². The van der Waals surface area contributed by atoms with Crippen molar-refractivity contribution in [2.24, 2.45) is 5.92 Å². The smallest absolute Gasteiger partial charge is 0.303 e. The maximum Gasteiger partial charge on any atom is 0.303 e. The number of likely N-dealkylation sites (tertiary alicyclic amines) is 1. The molecule has 6 heteroatoms. The number of piperidine rings is 1. The highest BCUT2D eigenvalue weighted by Gasteiger charge is 2.25. The third-order valence-corrected chi connectivity index (χ3v) is 5.46. The molecule has 1 unspecified atom stereocenters. The Morgan fingerprint density at radius 3 is 2.92 bits per heavy atom. The van der Waals surface area contributed by atoms with E-state index in [-0.39, 0.29) is 18.2 Å². The predicted molar refractivity (Wildman–Crippen MR) is 101 cm³/mol. The number of nitrogens with zero attached hydrogens (tertiary/aromatic N) is 1. The van der Waals surface area contributed by atoms with E-state index in [0.29, 0.717) is 30.9 Å². The lowest BCUT2D eigenvalue weighted by atomic mass is 9.93. The normalized spacial score (nSPS) is 17.1. The van der Waals surface area contributed by atoms with Crippen molar-refractivity contribution in [3.8, 4) is 5.75 Å². The first-order valence-corrected chi connectivity index (χ1v) is 9.76. The monoisotopic (exact) mass is 373 g/mol. The lowest BCUT2D eigenvalue weighted by Crippen LogP contribution is -2.40. The van der Waals surface area contributed by atoms with Crippen LogP contribution in [0.25, 0.3) is 0 Å². The van der Waals surface area contributed by atoms with Crippen LogP contribution in [0.3, 0.4) is 0 Å². The Bertz CT molecular complexity index is 744. The van der Waals surface area contributed by atoms with E-state index in [1.165, 1.54) is 0 Å². The van der Waals surface area contributed by atoms with E-state index in [4.69, 9.17) is 9.84 Å². The summed E-state index contributed by atoms with van der Waals surface area (Å²) in [5.74, 6) is 0.168. The lowest BCUT2D eigenvalue weighted by Gasteiger charge is -2.32. The van der Waals surface area contributed by atoms with Gasteiger partial charge in [-0.25, -0.2) is 0 Å². The molecule has 3 rings (SSSR count). The van der Waals surface area contributed by atoms with E-state index in [0.717, 1.165) is 24.3 Å². The van der Waals surface area contributed by atoms with Gasteiger partial charge in [-0.2, -0.15) is 0 Å². The quantitative estimate of drug-likeness (QED) is 0.795. The Labute approximate surface area is 157 Å². The molecule has 1 aromatic carbocycles. The van der Waals surface area contributed by atoms with Crippen LogP contribution < -0.4 is 4.74 Å². The number of rotatable bonds is 7. The molecule has 0 radical (unpaired) electrons. The molecule has 1 fully saturated rings.